The van der Waals surface area contributed by atoms with Crippen LogP contribution in [0.25, 0.3) is 0 Å². The second-order valence-electron chi connectivity index (χ2n) is 3.60. The lowest BCUT2D eigenvalue weighted by molar-refractivity contribution is 0.276. The van der Waals surface area contributed by atoms with Gasteiger partial charge in [0, 0.05) is 16.2 Å². The maximum Gasteiger partial charge on any atom is 0.148 e. The minimum Gasteiger partial charge on any atom is -0.455 e. The van der Waals surface area contributed by atoms with E-state index in [1.54, 1.807) is 6.20 Å². The Morgan fingerprint density at radius 1 is 1.29 bits per heavy atom. The summed E-state index contributed by atoms with van der Waals surface area (Å²) in [6.45, 7) is 1.83. The molecule has 0 aliphatic rings. The zero-order chi connectivity index (χ0) is 12.3. The van der Waals surface area contributed by atoms with E-state index in [1.807, 2.05) is 37.3 Å². The summed E-state index contributed by atoms with van der Waals surface area (Å²) in [5.74, 6) is 1.33. The van der Waals surface area contributed by atoms with Gasteiger partial charge in [0.1, 0.15) is 11.5 Å². The number of aromatic nitrogens is 1. The largest absolute Gasteiger partial charge is 0.455 e. The molecule has 3 nitrogen and oxygen atoms in total. The standard InChI is InChI=1S/C13H12BrNO2/c1-9-12(3-2-6-15-9)17-13-7-11(14)5-4-10(13)8-16/h2-7,16H,8H2,1H3. The first kappa shape index (κ1) is 12.1. The number of aliphatic hydroxyl groups is 1. The molecule has 0 fully saturated rings. The van der Waals surface area contributed by atoms with Crippen LogP contribution in [-0.4, -0.2) is 10.1 Å². The molecule has 0 spiro atoms. The summed E-state index contributed by atoms with van der Waals surface area (Å²) in [5, 5.41) is 9.25. The predicted molar refractivity (Wildman–Crippen MR) is 69.1 cm³/mol. The van der Waals surface area contributed by atoms with Gasteiger partial charge < -0.3 is 9.84 Å². The number of benzene rings is 1. The molecule has 0 atom stereocenters. The predicted octanol–water partition coefficient (Wildman–Crippen LogP) is 3.44. The molecule has 88 valence electrons. The van der Waals surface area contributed by atoms with Crippen molar-refractivity contribution < 1.29 is 9.84 Å². The number of hydrogen-bond donors (Lipinski definition) is 1. The molecule has 2 rings (SSSR count). The van der Waals surface area contributed by atoms with E-state index in [4.69, 9.17) is 4.74 Å². The van der Waals surface area contributed by atoms with Crippen LogP contribution in [-0.2, 0) is 6.61 Å². The number of halogens is 1. The average molecular weight is 294 g/mol. The SMILES string of the molecule is Cc1ncccc1Oc1cc(Br)ccc1CO. The Morgan fingerprint density at radius 3 is 2.82 bits per heavy atom. The van der Waals surface area contributed by atoms with Crippen molar-refractivity contribution in [3.8, 4) is 11.5 Å². The average Bonchev–Trinajstić information content (AvgIpc) is 2.32. The van der Waals surface area contributed by atoms with Gasteiger partial charge in [0.05, 0.1) is 12.3 Å². The molecule has 0 unspecified atom stereocenters. The quantitative estimate of drug-likeness (QED) is 0.943. The number of ether oxygens (including phenoxy) is 1. The first-order chi connectivity index (χ1) is 8.20. The van der Waals surface area contributed by atoms with Crippen LogP contribution in [0.5, 0.6) is 11.5 Å². The molecular weight excluding hydrogens is 282 g/mol. The van der Waals surface area contributed by atoms with Crippen LogP contribution >= 0.6 is 15.9 Å². The molecule has 1 aromatic carbocycles. The lowest BCUT2D eigenvalue weighted by Crippen LogP contribution is -1.94. The molecule has 2 aromatic rings. The Labute approximate surface area is 108 Å². The molecule has 1 heterocycles. The van der Waals surface area contributed by atoms with Crippen molar-refractivity contribution in [3.05, 3.63) is 52.3 Å². The summed E-state index contributed by atoms with van der Waals surface area (Å²) >= 11 is 3.38. The Kier molecular flexibility index (Phi) is 3.76. The molecule has 0 saturated carbocycles. The number of aliphatic hydroxyl groups excluding tert-OH is 1. The molecular formula is C13H12BrNO2. The third kappa shape index (κ3) is 2.84. The number of hydrogen-bond acceptors (Lipinski definition) is 3. The van der Waals surface area contributed by atoms with E-state index in [-0.39, 0.29) is 6.61 Å². The minimum atomic E-state index is -0.0536. The summed E-state index contributed by atoms with van der Waals surface area (Å²) in [6, 6.07) is 9.20. The van der Waals surface area contributed by atoms with Crippen molar-refractivity contribution in [2.24, 2.45) is 0 Å². The fourth-order valence-electron chi connectivity index (χ4n) is 1.45. The molecule has 17 heavy (non-hydrogen) atoms. The molecule has 1 aromatic heterocycles. The molecule has 1 N–H and O–H groups in total. The zero-order valence-electron chi connectivity index (χ0n) is 9.35. The van der Waals surface area contributed by atoms with Crippen molar-refractivity contribution in [2.45, 2.75) is 13.5 Å². The monoisotopic (exact) mass is 293 g/mol. The first-order valence-electron chi connectivity index (χ1n) is 5.19. The summed E-state index contributed by atoms with van der Waals surface area (Å²) in [6.07, 6.45) is 1.72. The lowest BCUT2D eigenvalue weighted by Gasteiger charge is -2.11. The van der Waals surface area contributed by atoms with Gasteiger partial charge in [-0.25, -0.2) is 0 Å². The van der Waals surface area contributed by atoms with Crippen molar-refractivity contribution >= 4 is 15.9 Å². The number of pyridine rings is 1. The summed E-state index contributed by atoms with van der Waals surface area (Å²) in [7, 11) is 0. The second kappa shape index (κ2) is 5.29. The van der Waals surface area contributed by atoms with Gasteiger partial charge in [0.25, 0.3) is 0 Å². The fraction of sp³-hybridized carbons (Fsp3) is 0.154. The van der Waals surface area contributed by atoms with Gasteiger partial charge in [-0.2, -0.15) is 0 Å². The fourth-order valence-corrected chi connectivity index (χ4v) is 1.79. The van der Waals surface area contributed by atoms with Crippen molar-refractivity contribution in [1.82, 2.24) is 4.98 Å². The molecule has 4 heteroatoms. The Balaban J connectivity index is 2.35. The maximum atomic E-state index is 9.25. The summed E-state index contributed by atoms with van der Waals surface area (Å²) in [4.78, 5) is 4.15. The number of aryl methyl sites for hydroxylation is 1. The lowest BCUT2D eigenvalue weighted by atomic mass is 10.2. The van der Waals surface area contributed by atoms with Crippen molar-refractivity contribution in [2.75, 3.05) is 0 Å². The third-order valence-electron chi connectivity index (χ3n) is 2.38. The third-order valence-corrected chi connectivity index (χ3v) is 2.87. The molecule has 0 bridgehead atoms. The number of rotatable bonds is 3. The van der Waals surface area contributed by atoms with Crippen LogP contribution in [0.2, 0.25) is 0 Å². The highest BCUT2D eigenvalue weighted by molar-refractivity contribution is 9.10. The van der Waals surface area contributed by atoms with E-state index in [0.717, 1.165) is 15.7 Å². The topological polar surface area (TPSA) is 42.4 Å². The van der Waals surface area contributed by atoms with Crippen LogP contribution < -0.4 is 4.74 Å². The highest BCUT2D eigenvalue weighted by Gasteiger charge is 2.07. The maximum absolute atomic E-state index is 9.25. The van der Waals surface area contributed by atoms with Gasteiger partial charge in [0.15, 0.2) is 0 Å². The van der Waals surface area contributed by atoms with E-state index in [2.05, 4.69) is 20.9 Å². The molecule has 0 aliphatic carbocycles. The summed E-state index contributed by atoms with van der Waals surface area (Å²) in [5.41, 5.74) is 1.56. The Morgan fingerprint density at radius 2 is 2.12 bits per heavy atom. The Bertz CT molecular complexity index is 529. The molecule has 0 aliphatic heterocycles. The number of nitrogens with zero attached hydrogens (tertiary/aromatic N) is 1. The second-order valence-corrected chi connectivity index (χ2v) is 4.51. The van der Waals surface area contributed by atoms with Crippen LogP contribution in [0.4, 0.5) is 0 Å². The minimum absolute atomic E-state index is 0.0536. The van der Waals surface area contributed by atoms with E-state index in [1.165, 1.54) is 0 Å². The van der Waals surface area contributed by atoms with Gasteiger partial charge in [-0.3, -0.25) is 4.98 Å². The van der Waals surface area contributed by atoms with Crippen LogP contribution in [0.15, 0.2) is 41.0 Å². The van der Waals surface area contributed by atoms with Gasteiger partial charge in [-0.05, 0) is 31.2 Å². The Hall–Kier alpha value is -1.39. The summed E-state index contributed by atoms with van der Waals surface area (Å²) < 4.78 is 6.67. The van der Waals surface area contributed by atoms with E-state index >= 15 is 0 Å². The smallest absolute Gasteiger partial charge is 0.148 e. The zero-order valence-corrected chi connectivity index (χ0v) is 10.9. The molecule has 0 saturated heterocycles. The van der Waals surface area contributed by atoms with Gasteiger partial charge in [-0.1, -0.05) is 22.0 Å². The van der Waals surface area contributed by atoms with E-state index in [0.29, 0.717) is 11.5 Å². The van der Waals surface area contributed by atoms with Gasteiger partial charge in [-0.15, -0.1) is 0 Å². The van der Waals surface area contributed by atoms with Crippen LogP contribution in [0.1, 0.15) is 11.3 Å². The highest BCUT2D eigenvalue weighted by atomic mass is 79.9. The van der Waals surface area contributed by atoms with Gasteiger partial charge in [0.2, 0.25) is 0 Å². The van der Waals surface area contributed by atoms with Crippen LogP contribution in [0.3, 0.4) is 0 Å². The van der Waals surface area contributed by atoms with Crippen molar-refractivity contribution in [3.63, 3.8) is 0 Å². The molecule has 0 amide bonds. The van der Waals surface area contributed by atoms with Crippen molar-refractivity contribution in [1.29, 1.82) is 0 Å². The normalized spacial score (nSPS) is 10.3. The van der Waals surface area contributed by atoms with E-state index < -0.39 is 0 Å². The first-order valence-corrected chi connectivity index (χ1v) is 5.99. The highest BCUT2D eigenvalue weighted by Crippen LogP contribution is 2.29. The van der Waals surface area contributed by atoms with Gasteiger partial charge >= 0.3 is 0 Å². The molecule has 0 radical (unpaired) electrons. The van der Waals surface area contributed by atoms with E-state index in [9.17, 15) is 5.11 Å². The van der Waals surface area contributed by atoms with Crippen LogP contribution in [0, 0.1) is 6.92 Å².